The number of amides is 1. The summed E-state index contributed by atoms with van der Waals surface area (Å²) < 4.78 is 3.63. The first kappa shape index (κ1) is 14.1. The third-order valence-electron chi connectivity index (χ3n) is 4.01. The van der Waals surface area contributed by atoms with Gasteiger partial charge in [0, 0.05) is 30.4 Å². The molecule has 0 saturated carbocycles. The van der Waals surface area contributed by atoms with Gasteiger partial charge in [-0.15, -0.1) is 16.4 Å². The number of hydrogen-bond donors (Lipinski definition) is 1. The number of thiophene rings is 1. The van der Waals surface area contributed by atoms with Crippen LogP contribution in [0.3, 0.4) is 0 Å². The van der Waals surface area contributed by atoms with Crippen molar-refractivity contribution >= 4 is 17.2 Å². The van der Waals surface area contributed by atoms with Gasteiger partial charge in [0.25, 0.3) is 5.91 Å². The maximum atomic E-state index is 12.7. The molecule has 0 fully saturated rings. The Kier molecular flexibility index (Phi) is 3.66. The zero-order chi connectivity index (χ0) is 15.6. The summed E-state index contributed by atoms with van der Waals surface area (Å²) in [6.07, 6.45) is 8.61. The summed E-state index contributed by atoms with van der Waals surface area (Å²) in [5.41, 5.74) is 1.90. The van der Waals surface area contributed by atoms with Crippen LogP contribution in [0.5, 0.6) is 0 Å². The monoisotopic (exact) mass is 328 g/mol. The largest absolute Gasteiger partial charge is 0.353 e. The lowest BCUT2D eigenvalue weighted by atomic mass is 10.1. The molecule has 0 aliphatic heterocycles. The third-order valence-corrected chi connectivity index (χ3v) is 5.29. The van der Waals surface area contributed by atoms with Crippen LogP contribution in [-0.4, -0.2) is 37.2 Å². The molecule has 1 aliphatic carbocycles. The number of aromatic nitrogens is 5. The van der Waals surface area contributed by atoms with Crippen LogP contribution in [0.4, 0.5) is 0 Å². The van der Waals surface area contributed by atoms with E-state index in [2.05, 4.69) is 20.8 Å². The van der Waals surface area contributed by atoms with E-state index in [1.165, 1.54) is 16.8 Å². The predicted octanol–water partition coefficient (Wildman–Crippen LogP) is 1.44. The average Bonchev–Trinajstić information content (AvgIpc) is 3.30. The average molecular weight is 328 g/mol. The van der Waals surface area contributed by atoms with Gasteiger partial charge in [0.15, 0.2) is 0 Å². The van der Waals surface area contributed by atoms with Gasteiger partial charge in [-0.1, -0.05) is 0 Å². The van der Waals surface area contributed by atoms with Crippen molar-refractivity contribution in [2.75, 3.05) is 6.54 Å². The second kappa shape index (κ2) is 5.96. The summed E-state index contributed by atoms with van der Waals surface area (Å²) in [5.74, 6) is -0.0398. The van der Waals surface area contributed by atoms with Gasteiger partial charge in [-0.05, 0) is 47.4 Å². The minimum Gasteiger partial charge on any atom is -0.353 e. The Labute approximate surface area is 136 Å². The van der Waals surface area contributed by atoms with Crippen molar-refractivity contribution in [3.63, 3.8) is 0 Å². The Bertz CT molecular complexity index is 806. The van der Waals surface area contributed by atoms with Crippen LogP contribution in [0.2, 0.25) is 0 Å². The molecule has 0 saturated heterocycles. The number of nitrogens with one attached hydrogen (secondary N) is 1. The molecule has 0 radical (unpaired) electrons. The normalized spacial score (nSPS) is 13.2. The summed E-state index contributed by atoms with van der Waals surface area (Å²) >= 11 is 1.62. The maximum Gasteiger partial charge on any atom is 0.254 e. The number of rotatable bonds is 5. The summed E-state index contributed by atoms with van der Waals surface area (Å²) in [7, 11) is 0. The molecule has 7 nitrogen and oxygen atoms in total. The number of carbonyl (C=O) groups is 1. The highest BCUT2D eigenvalue weighted by Crippen LogP contribution is 2.37. The number of fused-ring (bicyclic) bond motifs is 1. The molecule has 1 N–H and O–H groups in total. The minimum absolute atomic E-state index is 0.0398. The van der Waals surface area contributed by atoms with Crippen LogP contribution in [0.15, 0.2) is 30.9 Å². The van der Waals surface area contributed by atoms with Gasteiger partial charge in [-0.2, -0.15) is 4.68 Å². The number of nitrogens with zero attached hydrogens (tertiary/aromatic N) is 5. The quantitative estimate of drug-likeness (QED) is 0.769. The summed E-state index contributed by atoms with van der Waals surface area (Å²) in [6.45, 7) is 1.35. The molecule has 8 heteroatoms. The number of hydrogen-bond acceptors (Lipinski definition) is 5. The lowest BCUT2D eigenvalue weighted by Gasteiger charge is -2.08. The van der Waals surface area contributed by atoms with Crippen LogP contribution in [-0.2, 0) is 19.4 Å². The van der Waals surface area contributed by atoms with Crippen LogP contribution in [0.1, 0.15) is 27.2 Å². The Morgan fingerprint density at radius 3 is 2.96 bits per heavy atom. The Morgan fingerprint density at radius 1 is 1.30 bits per heavy atom. The third kappa shape index (κ3) is 2.65. The van der Waals surface area contributed by atoms with Gasteiger partial charge >= 0.3 is 0 Å². The molecule has 3 aromatic rings. The first-order chi connectivity index (χ1) is 11.3. The predicted molar refractivity (Wildman–Crippen MR) is 85.8 cm³/mol. The van der Waals surface area contributed by atoms with Gasteiger partial charge < -0.3 is 9.88 Å². The van der Waals surface area contributed by atoms with Crippen molar-refractivity contribution in [3.05, 3.63) is 46.9 Å². The fraction of sp³-hybridized carbons (Fsp3) is 0.333. The van der Waals surface area contributed by atoms with E-state index in [1.54, 1.807) is 16.0 Å². The summed E-state index contributed by atoms with van der Waals surface area (Å²) in [6, 6.07) is 3.95. The Morgan fingerprint density at radius 2 is 2.17 bits per heavy atom. The second-order valence-electron chi connectivity index (χ2n) is 5.47. The molecule has 0 atom stereocenters. The molecule has 4 rings (SSSR count). The summed E-state index contributed by atoms with van der Waals surface area (Å²) in [4.78, 5) is 14.0. The fourth-order valence-electron chi connectivity index (χ4n) is 2.95. The molecule has 0 unspecified atom stereocenters. The molecular formula is C15H16N6OS. The highest BCUT2D eigenvalue weighted by molar-refractivity contribution is 7.15. The number of aryl methyl sites for hydroxylation is 1. The summed E-state index contributed by atoms with van der Waals surface area (Å²) in [5, 5.41) is 15.1. The molecule has 3 heterocycles. The molecular weight excluding hydrogens is 312 g/mol. The van der Waals surface area contributed by atoms with Gasteiger partial charge in [-0.25, -0.2) is 0 Å². The highest BCUT2D eigenvalue weighted by atomic mass is 32.1. The lowest BCUT2D eigenvalue weighted by Crippen LogP contribution is -2.28. The van der Waals surface area contributed by atoms with Crippen LogP contribution in [0, 0.1) is 0 Å². The molecule has 0 spiro atoms. The van der Waals surface area contributed by atoms with Crippen molar-refractivity contribution in [1.82, 2.24) is 30.1 Å². The van der Waals surface area contributed by atoms with Gasteiger partial charge in [-0.3, -0.25) is 4.79 Å². The Hall–Kier alpha value is -2.48. The van der Waals surface area contributed by atoms with Crippen molar-refractivity contribution in [2.24, 2.45) is 0 Å². The van der Waals surface area contributed by atoms with E-state index in [0.29, 0.717) is 6.54 Å². The zero-order valence-corrected chi connectivity index (χ0v) is 13.3. The maximum absolute atomic E-state index is 12.7. The molecule has 118 valence electrons. The molecule has 3 aromatic heterocycles. The van der Waals surface area contributed by atoms with Crippen LogP contribution >= 0.6 is 11.3 Å². The van der Waals surface area contributed by atoms with Gasteiger partial charge in [0.1, 0.15) is 11.3 Å². The second-order valence-corrected chi connectivity index (χ2v) is 6.55. The van der Waals surface area contributed by atoms with E-state index in [-0.39, 0.29) is 5.91 Å². The molecule has 23 heavy (non-hydrogen) atoms. The van der Waals surface area contributed by atoms with Crippen molar-refractivity contribution in [1.29, 1.82) is 0 Å². The number of tetrazole rings is 1. The smallest absolute Gasteiger partial charge is 0.254 e. The first-order valence-corrected chi connectivity index (χ1v) is 8.41. The SMILES string of the molecule is O=C(NCCn1cccc1)c1c(-n2cnnn2)sc2c1CCC2. The minimum atomic E-state index is -0.0398. The molecule has 1 amide bonds. The van der Waals surface area contributed by atoms with E-state index in [0.717, 1.165) is 36.4 Å². The highest BCUT2D eigenvalue weighted by Gasteiger charge is 2.27. The van der Waals surface area contributed by atoms with Gasteiger partial charge in [0.05, 0.1) is 5.56 Å². The van der Waals surface area contributed by atoms with Gasteiger partial charge in [0.2, 0.25) is 0 Å². The van der Waals surface area contributed by atoms with Crippen LogP contribution in [0.25, 0.3) is 5.00 Å². The first-order valence-electron chi connectivity index (χ1n) is 7.60. The fourth-order valence-corrected chi connectivity index (χ4v) is 4.25. The van der Waals surface area contributed by atoms with Crippen molar-refractivity contribution in [2.45, 2.75) is 25.8 Å². The topological polar surface area (TPSA) is 77.6 Å². The lowest BCUT2D eigenvalue weighted by molar-refractivity contribution is 0.0952. The van der Waals surface area contributed by atoms with Crippen molar-refractivity contribution < 1.29 is 4.79 Å². The molecule has 0 aromatic carbocycles. The Balaban J connectivity index is 1.56. The molecule has 0 bridgehead atoms. The number of carbonyl (C=O) groups excluding carboxylic acids is 1. The van der Waals surface area contributed by atoms with Crippen LogP contribution < -0.4 is 5.32 Å². The van der Waals surface area contributed by atoms with E-state index in [4.69, 9.17) is 0 Å². The molecule has 1 aliphatic rings. The van der Waals surface area contributed by atoms with Crippen molar-refractivity contribution in [3.8, 4) is 5.00 Å². The van der Waals surface area contributed by atoms with E-state index in [9.17, 15) is 4.79 Å². The standard InChI is InChI=1S/C15H16N6OS/c22-14(16-6-9-20-7-1-2-8-20)13-11-4-3-5-12(11)23-15(13)21-10-17-18-19-21/h1-2,7-8,10H,3-6,9H2,(H,16,22). The zero-order valence-electron chi connectivity index (χ0n) is 12.5. The van der Waals surface area contributed by atoms with E-state index in [1.807, 2.05) is 29.1 Å². The van der Waals surface area contributed by atoms with E-state index < -0.39 is 0 Å². The van der Waals surface area contributed by atoms with E-state index >= 15 is 0 Å².